The summed E-state index contributed by atoms with van der Waals surface area (Å²) in [5.41, 5.74) is 2.24. The van der Waals surface area contributed by atoms with Gasteiger partial charge in [0.1, 0.15) is 0 Å². The largest absolute Gasteiger partial charge is 0.325 e. The Balaban J connectivity index is 1.58. The lowest BCUT2D eigenvalue weighted by Gasteiger charge is -2.24. The third-order valence-electron chi connectivity index (χ3n) is 4.60. The van der Waals surface area contributed by atoms with Crippen LogP contribution in [0.3, 0.4) is 0 Å². The monoisotopic (exact) mass is 418 g/mol. The molecule has 1 saturated heterocycles. The van der Waals surface area contributed by atoms with E-state index in [1.807, 2.05) is 30.5 Å². The van der Waals surface area contributed by atoms with E-state index < -0.39 is 0 Å². The molecule has 3 rings (SSSR count). The highest BCUT2D eigenvalue weighted by Crippen LogP contribution is 2.33. The van der Waals surface area contributed by atoms with E-state index in [9.17, 15) is 4.79 Å². The molecule has 132 valence electrons. The zero-order chi connectivity index (χ0) is 17.6. The number of benzene rings is 2. The number of hydrogen-bond donors (Lipinski definition) is 1. The van der Waals surface area contributed by atoms with Crippen LogP contribution in [0.4, 0.5) is 5.69 Å². The Labute approximate surface area is 162 Å². The lowest BCUT2D eigenvalue weighted by Crippen LogP contribution is -2.27. The van der Waals surface area contributed by atoms with Crippen LogP contribution in [0.1, 0.15) is 30.9 Å². The molecule has 2 aromatic rings. The first-order valence-corrected chi connectivity index (χ1v) is 10.6. The van der Waals surface area contributed by atoms with Gasteiger partial charge in [0.15, 0.2) is 0 Å². The molecule has 1 N–H and O–H groups in total. The summed E-state index contributed by atoms with van der Waals surface area (Å²) in [4.78, 5) is 15.9. The van der Waals surface area contributed by atoms with Gasteiger partial charge in [0.2, 0.25) is 5.91 Å². The number of thioether (sulfide) groups is 1. The highest BCUT2D eigenvalue weighted by Gasteiger charge is 2.26. The number of likely N-dealkylation sites (tertiary alicyclic amines) is 1. The summed E-state index contributed by atoms with van der Waals surface area (Å²) in [6.07, 6.45) is 4.90. The van der Waals surface area contributed by atoms with Crippen LogP contribution in [-0.2, 0) is 4.79 Å². The molecule has 0 bridgehead atoms. The van der Waals surface area contributed by atoms with Gasteiger partial charge in [0.05, 0.1) is 5.69 Å². The Bertz CT molecular complexity index is 737. The molecule has 0 aromatic heterocycles. The van der Waals surface area contributed by atoms with Crippen LogP contribution in [0.25, 0.3) is 0 Å². The predicted molar refractivity (Wildman–Crippen MR) is 109 cm³/mol. The first kappa shape index (κ1) is 18.5. The zero-order valence-electron chi connectivity index (χ0n) is 14.4. The summed E-state index contributed by atoms with van der Waals surface area (Å²) in [5.74, 6) is 0.0846. The van der Waals surface area contributed by atoms with Crippen LogP contribution >= 0.6 is 27.7 Å². The molecule has 2 aromatic carbocycles. The molecule has 1 aliphatic rings. The van der Waals surface area contributed by atoms with Crippen molar-refractivity contribution in [3.63, 3.8) is 0 Å². The number of rotatable bonds is 6. The average Bonchev–Trinajstić information content (AvgIpc) is 3.09. The molecule has 5 heteroatoms. The van der Waals surface area contributed by atoms with Gasteiger partial charge >= 0.3 is 0 Å². The number of nitrogens with one attached hydrogen (secondary N) is 1. The number of para-hydroxylation sites is 1. The van der Waals surface area contributed by atoms with Gasteiger partial charge < -0.3 is 5.32 Å². The van der Waals surface area contributed by atoms with E-state index in [0.29, 0.717) is 12.5 Å². The van der Waals surface area contributed by atoms with E-state index in [0.717, 1.165) is 34.6 Å². The minimum Gasteiger partial charge on any atom is -0.325 e. The van der Waals surface area contributed by atoms with E-state index in [1.165, 1.54) is 12.0 Å². The molecule has 0 spiro atoms. The molecule has 25 heavy (non-hydrogen) atoms. The smallest absolute Gasteiger partial charge is 0.225 e. The number of nitrogens with zero attached hydrogens (tertiary/aromatic N) is 1. The quantitative estimate of drug-likeness (QED) is 0.642. The number of halogens is 1. The standard InChI is InChI=1S/C20H23BrN2OS/c1-25-19-10-3-2-8-17(19)22-20(24)11-13-23-12-5-9-18(23)15-6-4-7-16(21)14-15/h2-4,6-8,10,14,18H,5,9,11-13H2,1H3,(H,22,24). The lowest BCUT2D eigenvalue weighted by molar-refractivity contribution is -0.116. The number of amides is 1. The maximum absolute atomic E-state index is 12.4. The van der Waals surface area contributed by atoms with Crippen LogP contribution in [0, 0.1) is 0 Å². The van der Waals surface area contributed by atoms with Gasteiger partial charge in [-0.1, -0.05) is 40.2 Å². The van der Waals surface area contributed by atoms with E-state index in [4.69, 9.17) is 0 Å². The van der Waals surface area contributed by atoms with Crippen LogP contribution in [0.5, 0.6) is 0 Å². The van der Waals surface area contributed by atoms with Crippen molar-refractivity contribution in [3.8, 4) is 0 Å². The van der Waals surface area contributed by atoms with Crippen molar-refractivity contribution in [3.05, 3.63) is 58.6 Å². The lowest BCUT2D eigenvalue weighted by atomic mass is 10.0. The first-order valence-electron chi connectivity index (χ1n) is 8.60. The van der Waals surface area contributed by atoms with E-state index in [2.05, 4.69) is 50.4 Å². The molecular weight excluding hydrogens is 396 g/mol. The molecule has 1 unspecified atom stereocenters. The molecule has 1 heterocycles. The van der Waals surface area contributed by atoms with Crippen LogP contribution in [-0.4, -0.2) is 30.2 Å². The van der Waals surface area contributed by atoms with Gasteiger partial charge in [-0.3, -0.25) is 9.69 Å². The van der Waals surface area contributed by atoms with Crippen molar-refractivity contribution in [1.82, 2.24) is 4.90 Å². The zero-order valence-corrected chi connectivity index (χ0v) is 16.8. The summed E-state index contributed by atoms with van der Waals surface area (Å²) >= 11 is 5.21. The minimum absolute atomic E-state index is 0.0846. The van der Waals surface area contributed by atoms with Gasteiger partial charge in [0, 0.05) is 28.4 Å². The second-order valence-corrected chi connectivity index (χ2v) is 8.01. The maximum Gasteiger partial charge on any atom is 0.225 e. The fourth-order valence-electron chi connectivity index (χ4n) is 3.39. The van der Waals surface area contributed by atoms with Crippen LogP contribution in [0.2, 0.25) is 0 Å². The van der Waals surface area contributed by atoms with Gasteiger partial charge in [0.25, 0.3) is 0 Å². The van der Waals surface area contributed by atoms with Crippen molar-refractivity contribution >= 4 is 39.3 Å². The van der Waals surface area contributed by atoms with Gasteiger partial charge in [-0.25, -0.2) is 0 Å². The normalized spacial score (nSPS) is 17.6. The maximum atomic E-state index is 12.4. The SMILES string of the molecule is CSc1ccccc1NC(=O)CCN1CCCC1c1cccc(Br)c1. The highest BCUT2D eigenvalue weighted by molar-refractivity contribution is 9.10. The average molecular weight is 419 g/mol. The summed E-state index contributed by atoms with van der Waals surface area (Å²) in [6, 6.07) is 16.9. The minimum atomic E-state index is 0.0846. The van der Waals surface area contributed by atoms with E-state index in [-0.39, 0.29) is 5.91 Å². The fraction of sp³-hybridized carbons (Fsp3) is 0.350. The van der Waals surface area contributed by atoms with Crippen molar-refractivity contribution in [2.45, 2.75) is 30.2 Å². The molecule has 0 aliphatic carbocycles. The van der Waals surface area contributed by atoms with Crippen molar-refractivity contribution in [2.75, 3.05) is 24.7 Å². The number of carbonyl (C=O) groups excluding carboxylic acids is 1. The summed E-state index contributed by atoms with van der Waals surface area (Å²) in [7, 11) is 0. The molecule has 1 aliphatic heterocycles. The second-order valence-electron chi connectivity index (χ2n) is 6.25. The molecule has 0 saturated carbocycles. The Kier molecular flexibility index (Phi) is 6.57. The second kappa shape index (κ2) is 8.88. The first-order chi connectivity index (χ1) is 12.2. The molecule has 1 fully saturated rings. The van der Waals surface area contributed by atoms with Crippen molar-refractivity contribution in [1.29, 1.82) is 0 Å². The fourth-order valence-corrected chi connectivity index (χ4v) is 4.36. The Hall–Kier alpha value is -1.30. The summed E-state index contributed by atoms with van der Waals surface area (Å²) in [5, 5.41) is 3.06. The summed E-state index contributed by atoms with van der Waals surface area (Å²) in [6.45, 7) is 1.86. The molecule has 1 atom stereocenters. The predicted octanol–water partition coefficient (Wildman–Crippen LogP) is 5.34. The van der Waals surface area contributed by atoms with Crippen molar-refractivity contribution < 1.29 is 4.79 Å². The number of carbonyl (C=O) groups is 1. The molecule has 1 amide bonds. The highest BCUT2D eigenvalue weighted by atomic mass is 79.9. The van der Waals surface area contributed by atoms with Crippen molar-refractivity contribution in [2.24, 2.45) is 0 Å². The molecule has 3 nitrogen and oxygen atoms in total. The summed E-state index contributed by atoms with van der Waals surface area (Å²) < 4.78 is 1.11. The van der Waals surface area contributed by atoms with E-state index in [1.54, 1.807) is 11.8 Å². The third kappa shape index (κ3) is 4.87. The Morgan fingerprint density at radius 1 is 1.28 bits per heavy atom. The van der Waals surface area contributed by atoms with Crippen LogP contribution < -0.4 is 5.32 Å². The molecular formula is C20H23BrN2OS. The van der Waals surface area contributed by atoms with Gasteiger partial charge in [-0.05, 0) is 55.5 Å². The number of hydrogen-bond acceptors (Lipinski definition) is 3. The Morgan fingerprint density at radius 2 is 2.12 bits per heavy atom. The van der Waals surface area contributed by atoms with Gasteiger partial charge in [-0.15, -0.1) is 11.8 Å². The third-order valence-corrected chi connectivity index (χ3v) is 5.89. The Morgan fingerprint density at radius 3 is 2.92 bits per heavy atom. The van der Waals surface area contributed by atoms with E-state index >= 15 is 0 Å². The number of anilines is 1. The van der Waals surface area contributed by atoms with Crippen LogP contribution in [0.15, 0.2) is 57.9 Å². The molecule has 0 radical (unpaired) electrons. The topological polar surface area (TPSA) is 32.3 Å². The van der Waals surface area contributed by atoms with Gasteiger partial charge in [-0.2, -0.15) is 0 Å².